The van der Waals surface area contributed by atoms with Gasteiger partial charge in [-0.2, -0.15) is 0 Å². The molecule has 9 nitrogen and oxygen atoms in total. The molecule has 3 aromatic rings. The minimum Gasteiger partial charge on any atom is -0.477 e. The van der Waals surface area contributed by atoms with Crippen LogP contribution in [0, 0.1) is 5.82 Å². The van der Waals surface area contributed by atoms with Crippen LogP contribution < -0.4 is 25.4 Å². The fraction of sp³-hybridized carbons (Fsp3) is 0.316. The van der Waals surface area contributed by atoms with Crippen LogP contribution in [-0.2, 0) is 0 Å². The topological polar surface area (TPSA) is 99.9 Å². The third-order valence-electron chi connectivity index (χ3n) is 5.41. The summed E-state index contributed by atoms with van der Waals surface area (Å²) in [4.78, 5) is 30.3. The minimum absolute atomic E-state index is 0.0191. The zero-order valence-corrected chi connectivity index (χ0v) is 16.8. The highest BCUT2D eigenvalue weighted by molar-refractivity contribution is 7.13. The largest absolute Gasteiger partial charge is 0.477 e. The van der Waals surface area contributed by atoms with Crippen molar-refractivity contribution < 1.29 is 19.0 Å². The van der Waals surface area contributed by atoms with Gasteiger partial charge in [0.25, 0.3) is 0 Å². The van der Waals surface area contributed by atoms with E-state index < -0.39 is 22.8 Å². The van der Waals surface area contributed by atoms with Gasteiger partial charge in [0.1, 0.15) is 16.8 Å². The van der Waals surface area contributed by atoms with E-state index in [0.29, 0.717) is 18.6 Å². The molecule has 1 aromatic carbocycles. The molecule has 1 saturated heterocycles. The van der Waals surface area contributed by atoms with Crippen LogP contribution in [0.25, 0.3) is 10.9 Å². The second-order valence-electron chi connectivity index (χ2n) is 7.30. The molecule has 30 heavy (non-hydrogen) atoms. The average Bonchev–Trinajstić information content (AvgIpc) is 3.38. The number of hydrogen-bond donors (Lipinski definition) is 2. The molecule has 2 aromatic heterocycles. The van der Waals surface area contributed by atoms with Gasteiger partial charge in [-0.1, -0.05) is 0 Å². The first-order chi connectivity index (χ1) is 14.4. The average molecular weight is 431 g/mol. The number of pyridine rings is 1. The van der Waals surface area contributed by atoms with Crippen molar-refractivity contribution in [3.05, 3.63) is 45.4 Å². The molecular weight excluding hydrogens is 413 g/mol. The number of thiazole rings is 1. The Morgan fingerprint density at radius 3 is 3.03 bits per heavy atom. The number of carbonyl (C=O) groups is 1. The van der Waals surface area contributed by atoms with E-state index in [4.69, 9.17) is 4.74 Å². The molecule has 1 atom stereocenters. The lowest BCUT2D eigenvalue weighted by atomic mass is 10.1. The number of rotatable bonds is 4. The van der Waals surface area contributed by atoms with Crippen LogP contribution in [0.2, 0.25) is 0 Å². The lowest BCUT2D eigenvalue weighted by molar-refractivity contribution is 0.0694. The number of carboxylic acid groups (broad SMARTS) is 1. The van der Waals surface area contributed by atoms with Crippen LogP contribution in [-0.4, -0.2) is 53.6 Å². The summed E-state index contributed by atoms with van der Waals surface area (Å²) >= 11 is 1.51. The maximum Gasteiger partial charge on any atom is 0.341 e. The first kappa shape index (κ1) is 18.7. The predicted octanol–water partition coefficient (Wildman–Crippen LogP) is 1.90. The highest BCUT2D eigenvalue weighted by atomic mass is 32.1. The first-order valence-corrected chi connectivity index (χ1v) is 10.2. The smallest absolute Gasteiger partial charge is 0.341 e. The third kappa shape index (κ3) is 2.84. The molecule has 0 unspecified atom stereocenters. The Labute approximate surface area is 173 Å². The van der Waals surface area contributed by atoms with Crippen molar-refractivity contribution >= 4 is 39.0 Å². The number of hydrogen-bond acceptors (Lipinski definition) is 8. The van der Waals surface area contributed by atoms with Crippen molar-refractivity contribution in [2.75, 3.05) is 42.1 Å². The molecular formula is C19H18FN5O4S. The number of nitrogens with zero attached hydrogens (tertiary/aromatic N) is 4. The molecule has 1 fully saturated rings. The second-order valence-corrected chi connectivity index (χ2v) is 8.19. The van der Waals surface area contributed by atoms with Crippen molar-refractivity contribution in [3.8, 4) is 5.75 Å². The molecule has 11 heteroatoms. The Morgan fingerprint density at radius 1 is 1.47 bits per heavy atom. The molecule has 0 amide bonds. The molecule has 0 aliphatic carbocycles. The quantitative estimate of drug-likeness (QED) is 0.646. The number of halogens is 1. The number of aromatic nitrogens is 2. The number of carboxylic acids is 1. The summed E-state index contributed by atoms with van der Waals surface area (Å²) in [5.74, 6) is -1.71. The molecule has 0 spiro atoms. The molecule has 0 radical (unpaired) electrons. The second kappa shape index (κ2) is 6.87. The first-order valence-electron chi connectivity index (χ1n) is 9.34. The van der Waals surface area contributed by atoms with Gasteiger partial charge in [0.05, 0.1) is 5.39 Å². The standard InChI is InChI=1S/C19H18FN5O4S/c1-23-9-29-17-14-11(16(26)12(18(27)28)8-25(14)23)6-13(20)15(17)24-4-2-10(7-24)22-19-21-3-5-30-19/h3,5-6,8,10H,2,4,7,9H2,1H3,(H,21,22)(H,27,28)/t10-/m0/s1. The monoisotopic (exact) mass is 431 g/mol. The van der Waals surface area contributed by atoms with Crippen molar-refractivity contribution in [3.63, 3.8) is 0 Å². The summed E-state index contributed by atoms with van der Waals surface area (Å²) in [7, 11) is 1.70. The Hall–Kier alpha value is -3.34. The van der Waals surface area contributed by atoms with Gasteiger partial charge in [0.2, 0.25) is 5.43 Å². The maximum absolute atomic E-state index is 15.2. The van der Waals surface area contributed by atoms with Gasteiger partial charge in [-0.3, -0.25) is 14.5 Å². The Morgan fingerprint density at radius 2 is 2.30 bits per heavy atom. The molecule has 2 N–H and O–H groups in total. The van der Waals surface area contributed by atoms with Crippen LogP contribution in [0.1, 0.15) is 16.8 Å². The Kier molecular flexibility index (Phi) is 4.28. The van der Waals surface area contributed by atoms with Crippen molar-refractivity contribution in [1.82, 2.24) is 9.66 Å². The summed E-state index contributed by atoms with van der Waals surface area (Å²) in [6.45, 7) is 1.25. The fourth-order valence-electron chi connectivity index (χ4n) is 4.02. The number of nitrogens with one attached hydrogen (secondary N) is 1. The van der Waals surface area contributed by atoms with Gasteiger partial charge in [-0.25, -0.2) is 14.2 Å². The molecule has 2 aliphatic heterocycles. The fourth-order valence-corrected chi connectivity index (χ4v) is 4.63. The van der Waals surface area contributed by atoms with Crippen molar-refractivity contribution in [2.45, 2.75) is 12.5 Å². The van der Waals surface area contributed by atoms with E-state index in [2.05, 4.69) is 10.3 Å². The van der Waals surface area contributed by atoms with Crippen LogP contribution >= 0.6 is 11.3 Å². The highest BCUT2D eigenvalue weighted by Gasteiger charge is 2.32. The third-order valence-corrected chi connectivity index (χ3v) is 6.11. The van der Waals surface area contributed by atoms with E-state index >= 15 is 4.39 Å². The van der Waals surface area contributed by atoms with Crippen molar-refractivity contribution in [2.24, 2.45) is 0 Å². The lowest BCUT2D eigenvalue weighted by Crippen LogP contribution is -2.40. The van der Waals surface area contributed by atoms with Crippen LogP contribution in [0.4, 0.5) is 15.2 Å². The SMILES string of the molecule is CN1COc2c(N3CC[C@H](Nc4nccs4)C3)c(F)cc3c(=O)c(C(=O)O)cn1c23. The molecule has 2 aliphatic rings. The summed E-state index contributed by atoms with van der Waals surface area (Å²) in [6, 6.07) is 1.21. The van der Waals surface area contributed by atoms with Gasteiger partial charge in [0.15, 0.2) is 23.4 Å². The van der Waals surface area contributed by atoms with Crippen molar-refractivity contribution in [1.29, 1.82) is 0 Å². The van der Waals surface area contributed by atoms with E-state index in [1.807, 2.05) is 10.3 Å². The number of aromatic carboxylic acids is 1. The van der Waals surface area contributed by atoms with Crippen LogP contribution in [0.3, 0.4) is 0 Å². The van der Waals surface area contributed by atoms with E-state index in [9.17, 15) is 14.7 Å². The Balaban J connectivity index is 1.61. The van der Waals surface area contributed by atoms with Crippen LogP contribution in [0.5, 0.6) is 5.75 Å². The van der Waals surface area contributed by atoms with E-state index in [1.54, 1.807) is 22.9 Å². The number of benzene rings is 1. The summed E-state index contributed by atoms with van der Waals surface area (Å²) in [5, 5.41) is 17.0. The number of ether oxygens (including phenoxy) is 1. The molecule has 0 saturated carbocycles. The molecule has 0 bridgehead atoms. The highest BCUT2D eigenvalue weighted by Crippen LogP contribution is 2.41. The Bertz CT molecular complexity index is 1210. The zero-order valence-electron chi connectivity index (χ0n) is 16.0. The van der Waals surface area contributed by atoms with E-state index in [-0.39, 0.29) is 29.6 Å². The maximum atomic E-state index is 15.2. The molecule has 4 heterocycles. The van der Waals surface area contributed by atoms with Gasteiger partial charge in [-0.05, 0) is 12.5 Å². The molecule has 5 rings (SSSR count). The molecule has 156 valence electrons. The zero-order chi connectivity index (χ0) is 21.0. The normalized spacial score (nSPS) is 18.0. The van der Waals surface area contributed by atoms with Gasteiger partial charge >= 0.3 is 5.97 Å². The van der Waals surface area contributed by atoms with E-state index in [1.165, 1.54) is 17.5 Å². The lowest BCUT2D eigenvalue weighted by Gasteiger charge is -2.33. The van der Waals surface area contributed by atoms with E-state index in [0.717, 1.165) is 17.6 Å². The summed E-state index contributed by atoms with van der Waals surface area (Å²) in [5.41, 5.74) is -0.492. The summed E-state index contributed by atoms with van der Waals surface area (Å²) < 4.78 is 22.6. The predicted molar refractivity (Wildman–Crippen MR) is 111 cm³/mol. The van der Waals surface area contributed by atoms with Crippen LogP contribution in [0.15, 0.2) is 28.6 Å². The van der Waals surface area contributed by atoms with Gasteiger partial charge in [-0.15, -0.1) is 11.3 Å². The summed E-state index contributed by atoms with van der Waals surface area (Å²) in [6.07, 6.45) is 3.78. The number of anilines is 2. The van der Waals surface area contributed by atoms with Gasteiger partial charge in [0, 0.05) is 44.0 Å². The van der Waals surface area contributed by atoms with Gasteiger partial charge < -0.3 is 20.1 Å². The minimum atomic E-state index is -1.35.